The van der Waals surface area contributed by atoms with Crippen LogP contribution >= 0.6 is 15.9 Å². The Morgan fingerprint density at radius 2 is 2.42 bits per heavy atom. The monoisotopic (exact) mass is 229 g/mol. The van der Waals surface area contributed by atoms with Crippen molar-refractivity contribution >= 4 is 15.9 Å². The first kappa shape index (κ1) is 4.08. The fraction of sp³-hybridized carbons (Fsp3) is 0. The molecule has 0 bridgehead atoms. The second kappa shape index (κ2) is 2.98. The van der Waals surface area contributed by atoms with Gasteiger partial charge >= 0.3 is 0 Å². The molecule has 0 amide bonds. The van der Waals surface area contributed by atoms with Crippen molar-refractivity contribution in [3.05, 3.63) is 29.6 Å². The molecule has 0 N–H and O–H groups in total. The highest BCUT2D eigenvalue weighted by Crippen LogP contribution is 2.09. The largest absolute Gasteiger partial charge is 0.259 e. The van der Waals surface area contributed by atoms with Crippen molar-refractivity contribution in [1.82, 2.24) is 24.7 Å². The molecule has 0 atom stereocenters. The number of halogens is 1. The van der Waals surface area contributed by atoms with Crippen molar-refractivity contribution in [2.75, 3.05) is 0 Å². The number of nitrogens with zero attached hydrogens (tertiary/aromatic N) is 5. The average Bonchev–Trinajstić information content (AvgIpc) is 2.53. The lowest BCUT2D eigenvalue weighted by molar-refractivity contribution is 0.943. The normalized spacial score (nSPS) is 14.8. The zero-order valence-electron chi connectivity index (χ0n) is 9.61. The molecule has 0 saturated carbocycles. The second-order valence-corrected chi connectivity index (χ2v) is 2.50. The molecule has 2 aromatic rings. The van der Waals surface area contributed by atoms with Crippen LogP contribution in [0.1, 0.15) is 5.48 Å². The molecule has 0 radical (unpaired) electrons. The lowest BCUT2D eigenvalue weighted by Crippen LogP contribution is -1.95. The quantitative estimate of drug-likeness (QED) is 0.727. The third-order valence-electron chi connectivity index (χ3n) is 1.10. The van der Waals surface area contributed by atoms with Gasteiger partial charge in [-0.15, -0.1) is 10.2 Å². The summed E-state index contributed by atoms with van der Waals surface area (Å²) in [6.07, 6.45) is -1.29. The molecule has 12 heavy (non-hydrogen) atoms. The van der Waals surface area contributed by atoms with E-state index in [-0.39, 0.29) is 35.4 Å². The Bertz CT molecular complexity index is 537. The molecule has 0 aliphatic heterocycles. The van der Waals surface area contributed by atoms with E-state index in [2.05, 4.69) is 36.1 Å². The van der Waals surface area contributed by atoms with Gasteiger partial charge in [0, 0.05) is 12.3 Å². The predicted molar refractivity (Wildman–Crippen MR) is 44.6 cm³/mol. The summed E-state index contributed by atoms with van der Waals surface area (Å²) in [5, 5.41) is 7.03. The van der Waals surface area contributed by atoms with Crippen molar-refractivity contribution < 1.29 is 5.48 Å². The van der Waals surface area contributed by atoms with E-state index in [1.54, 1.807) is 0 Å². The molecule has 0 fully saturated rings. The lowest BCUT2D eigenvalue weighted by Gasteiger charge is -1.97. The van der Waals surface area contributed by atoms with Crippen LogP contribution in [0, 0.1) is 0 Å². The van der Waals surface area contributed by atoms with E-state index >= 15 is 0 Å². The maximum Gasteiger partial charge on any atom is 0.205 e. The highest BCUT2D eigenvalue weighted by molar-refractivity contribution is 9.10. The van der Waals surface area contributed by atoms with Gasteiger partial charge in [0.1, 0.15) is 7.67 Å². The summed E-state index contributed by atoms with van der Waals surface area (Å²) in [6, 6.07) is 0. The predicted octanol–water partition coefficient (Wildman–Crippen LogP) is 0.820. The lowest BCUT2D eigenvalue weighted by atomic mass is 10.6. The molecule has 5 nitrogen and oxygen atoms in total. The van der Waals surface area contributed by atoms with E-state index in [0.29, 0.717) is 0 Å². The van der Waals surface area contributed by atoms with E-state index in [4.69, 9.17) is 5.48 Å². The van der Waals surface area contributed by atoms with Crippen molar-refractivity contribution in [3.63, 3.8) is 0 Å². The summed E-state index contributed by atoms with van der Waals surface area (Å²) in [6.45, 7) is 0. The van der Waals surface area contributed by atoms with Crippen LogP contribution in [0.25, 0.3) is 5.82 Å². The first-order chi connectivity index (χ1) is 7.50. The SMILES string of the molecule is [2H]c1nc([2H])c(-n2c([2H])nnc2Br)nc1[2H]. The van der Waals surface area contributed by atoms with Gasteiger partial charge in [-0.1, -0.05) is 0 Å². The minimum Gasteiger partial charge on any atom is -0.259 e. The van der Waals surface area contributed by atoms with Gasteiger partial charge in [-0.3, -0.25) is 9.55 Å². The topological polar surface area (TPSA) is 56.5 Å². The Hall–Kier alpha value is -1.30. The zero-order valence-corrected chi connectivity index (χ0v) is 7.20. The van der Waals surface area contributed by atoms with Crippen LogP contribution in [0.3, 0.4) is 0 Å². The summed E-state index contributed by atoms with van der Waals surface area (Å²) >= 11 is 3.04. The van der Waals surface area contributed by atoms with Crippen molar-refractivity contribution in [2.45, 2.75) is 0 Å². The maximum absolute atomic E-state index is 7.52. The molecule has 2 aromatic heterocycles. The molecule has 0 aliphatic carbocycles. The number of hydrogen-bond acceptors (Lipinski definition) is 4. The molecular formula is C6H4BrN5. The first-order valence-corrected chi connectivity index (χ1v) is 3.69. The Morgan fingerprint density at radius 3 is 3.17 bits per heavy atom. The van der Waals surface area contributed by atoms with Crippen LogP contribution in [0.5, 0.6) is 0 Å². The molecule has 2 heterocycles. The van der Waals surface area contributed by atoms with E-state index in [1.165, 1.54) is 0 Å². The summed E-state index contributed by atoms with van der Waals surface area (Å²) in [4.78, 5) is 7.21. The van der Waals surface area contributed by atoms with Gasteiger partial charge in [0.25, 0.3) is 0 Å². The van der Waals surface area contributed by atoms with Crippen LogP contribution in [-0.2, 0) is 0 Å². The van der Waals surface area contributed by atoms with Gasteiger partial charge in [0.05, 0.1) is 10.3 Å². The molecule has 0 spiro atoms. The van der Waals surface area contributed by atoms with E-state index < -0.39 is 0 Å². The van der Waals surface area contributed by atoms with Crippen LogP contribution < -0.4 is 0 Å². The fourth-order valence-corrected chi connectivity index (χ4v) is 0.962. The van der Waals surface area contributed by atoms with Crippen LogP contribution in [-0.4, -0.2) is 24.7 Å². The molecule has 0 unspecified atom stereocenters. The third kappa shape index (κ3) is 1.20. The Balaban J connectivity index is 2.69. The summed E-state index contributed by atoms with van der Waals surface area (Å²) in [7, 11) is 0. The summed E-state index contributed by atoms with van der Waals surface area (Å²) < 4.78 is 30.8. The van der Waals surface area contributed by atoms with Crippen molar-refractivity contribution in [3.8, 4) is 5.82 Å². The molecule has 0 aliphatic rings. The Kier molecular flexibility index (Phi) is 1.01. The number of aromatic nitrogens is 5. The minimum atomic E-state index is -0.385. The van der Waals surface area contributed by atoms with Gasteiger partial charge in [-0.25, -0.2) is 4.98 Å². The molecule has 60 valence electrons. The minimum absolute atomic E-state index is 0.0529. The zero-order chi connectivity index (χ0) is 11.9. The molecule has 0 saturated heterocycles. The standard InChI is InChI=1S/C6H4BrN5/c7-6-11-10-4-12(6)5-3-8-1-2-9-5/h1-4H/i1D,2D,3D,4D. The summed E-state index contributed by atoms with van der Waals surface area (Å²) in [5.41, 5.74) is 0. The number of rotatable bonds is 1. The van der Waals surface area contributed by atoms with Crippen molar-refractivity contribution in [2.24, 2.45) is 0 Å². The van der Waals surface area contributed by atoms with Gasteiger partial charge < -0.3 is 0 Å². The summed E-state index contributed by atoms with van der Waals surface area (Å²) in [5.74, 6) is -0.0529. The van der Waals surface area contributed by atoms with Gasteiger partial charge in [0.15, 0.2) is 5.82 Å². The molecule has 6 heteroatoms. The van der Waals surface area contributed by atoms with Gasteiger partial charge in [-0.2, -0.15) is 0 Å². The highest BCUT2D eigenvalue weighted by atomic mass is 79.9. The van der Waals surface area contributed by atoms with Crippen LogP contribution in [0.4, 0.5) is 0 Å². The molecular weight excluding hydrogens is 222 g/mol. The van der Waals surface area contributed by atoms with Crippen molar-refractivity contribution in [1.29, 1.82) is 0 Å². The molecule has 0 aromatic carbocycles. The maximum atomic E-state index is 7.52. The third-order valence-corrected chi connectivity index (χ3v) is 1.61. The van der Waals surface area contributed by atoms with Gasteiger partial charge in [-0.05, 0) is 15.9 Å². The van der Waals surface area contributed by atoms with E-state index in [1.807, 2.05) is 0 Å². The fourth-order valence-electron chi connectivity index (χ4n) is 0.635. The van der Waals surface area contributed by atoms with Gasteiger partial charge in [0.2, 0.25) is 4.73 Å². The Morgan fingerprint density at radius 1 is 1.50 bits per heavy atom. The highest BCUT2D eigenvalue weighted by Gasteiger charge is 2.02. The smallest absolute Gasteiger partial charge is 0.205 e. The first-order valence-electron chi connectivity index (χ1n) is 4.90. The molecule has 2 rings (SSSR count). The van der Waals surface area contributed by atoms with Crippen LogP contribution in [0.2, 0.25) is 0 Å². The van der Waals surface area contributed by atoms with Crippen LogP contribution in [0.15, 0.2) is 29.6 Å². The second-order valence-electron chi connectivity index (χ2n) is 1.79. The Labute approximate surface area is 82.2 Å². The average molecular weight is 230 g/mol. The number of hydrogen-bond donors (Lipinski definition) is 0. The van der Waals surface area contributed by atoms with E-state index in [0.717, 1.165) is 4.57 Å². The van der Waals surface area contributed by atoms with E-state index in [9.17, 15) is 0 Å².